The van der Waals surface area contributed by atoms with Gasteiger partial charge in [-0.25, -0.2) is 23.1 Å². The van der Waals surface area contributed by atoms with Crippen molar-refractivity contribution in [3.63, 3.8) is 0 Å². The monoisotopic (exact) mass is 577 g/mol. The molecule has 4 aromatic rings. The molecule has 0 saturated carbocycles. The number of sulfonamides is 1. The van der Waals surface area contributed by atoms with Crippen LogP contribution in [0.25, 0.3) is 33.6 Å². The number of furan rings is 1. The van der Waals surface area contributed by atoms with Gasteiger partial charge in [0.15, 0.2) is 0 Å². The zero-order chi connectivity index (χ0) is 28.1. The van der Waals surface area contributed by atoms with Gasteiger partial charge in [-0.05, 0) is 55.6 Å². The minimum Gasteiger partial charge on any atom is -0.437 e. The van der Waals surface area contributed by atoms with Gasteiger partial charge in [0.1, 0.15) is 17.9 Å². The summed E-state index contributed by atoms with van der Waals surface area (Å²) in [5, 5.41) is 4.23. The second-order valence-corrected chi connectivity index (χ2v) is 12.1. The fourth-order valence-electron chi connectivity index (χ4n) is 5.37. The number of rotatable bonds is 11. The molecule has 4 heterocycles. The van der Waals surface area contributed by atoms with E-state index in [1.54, 1.807) is 24.3 Å². The van der Waals surface area contributed by atoms with E-state index in [1.165, 1.54) is 6.33 Å². The number of morpholine rings is 1. The number of hydrogen-bond donors (Lipinski definition) is 2. The Morgan fingerprint density at radius 2 is 1.76 bits per heavy atom. The molecule has 2 aromatic heterocycles. The fourth-order valence-corrected chi connectivity index (χ4v) is 6.44. The Morgan fingerprint density at radius 1 is 0.951 bits per heavy atom. The van der Waals surface area contributed by atoms with Crippen molar-refractivity contribution >= 4 is 26.9 Å². The van der Waals surface area contributed by atoms with Crippen LogP contribution in [0.4, 0.5) is 5.82 Å². The Morgan fingerprint density at radius 3 is 2.51 bits per heavy atom. The molecule has 0 bridgehead atoms. The number of anilines is 1. The Labute approximate surface area is 240 Å². The summed E-state index contributed by atoms with van der Waals surface area (Å²) < 4.78 is 46.2. The number of aromatic nitrogens is 2. The van der Waals surface area contributed by atoms with E-state index in [0.717, 1.165) is 80.8 Å². The Hall–Kier alpha value is -3.35. The average molecular weight is 578 g/mol. The maximum Gasteiger partial charge on any atom is 0.240 e. The lowest BCUT2D eigenvalue weighted by Crippen LogP contribution is -2.38. The lowest BCUT2D eigenvalue weighted by Gasteiger charge is -2.26. The van der Waals surface area contributed by atoms with Crippen LogP contribution in [0.2, 0.25) is 0 Å². The predicted octanol–water partition coefficient (Wildman–Crippen LogP) is 4.15. The molecule has 11 heteroatoms. The smallest absolute Gasteiger partial charge is 0.240 e. The zero-order valence-electron chi connectivity index (χ0n) is 22.9. The van der Waals surface area contributed by atoms with Gasteiger partial charge < -0.3 is 19.2 Å². The maximum atomic E-state index is 13.0. The molecule has 0 amide bonds. The summed E-state index contributed by atoms with van der Waals surface area (Å²) >= 11 is 0. The number of hydrogen-bond acceptors (Lipinski definition) is 9. The molecule has 2 aliphatic rings. The van der Waals surface area contributed by atoms with Crippen molar-refractivity contribution in [1.29, 1.82) is 0 Å². The summed E-state index contributed by atoms with van der Waals surface area (Å²) in [5.74, 6) is 1.29. The normalized spacial score (nSPS) is 18.2. The van der Waals surface area contributed by atoms with E-state index in [2.05, 4.69) is 24.9 Å². The van der Waals surface area contributed by atoms with E-state index in [4.69, 9.17) is 13.9 Å². The summed E-state index contributed by atoms with van der Waals surface area (Å²) in [4.78, 5) is 11.5. The van der Waals surface area contributed by atoms with Crippen molar-refractivity contribution in [2.45, 2.75) is 30.3 Å². The first-order chi connectivity index (χ1) is 20.1. The van der Waals surface area contributed by atoms with Crippen molar-refractivity contribution in [2.24, 2.45) is 0 Å². The SMILES string of the molecule is O=S(=O)(NCCCN1CCOCC1)c1ccc(-c2oc3ncnc(NC[C@@H]4CCCO4)c3c2-c2ccccc2)cc1. The highest BCUT2D eigenvalue weighted by Gasteiger charge is 2.24. The Balaban J connectivity index is 1.24. The fraction of sp³-hybridized carbons (Fsp3) is 0.400. The van der Waals surface area contributed by atoms with Gasteiger partial charge in [0.05, 0.1) is 29.6 Å². The molecule has 0 radical (unpaired) electrons. The summed E-state index contributed by atoms with van der Waals surface area (Å²) in [7, 11) is -3.64. The van der Waals surface area contributed by atoms with Gasteiger partial charge in [-0.15, -0.1) is 0 Å². The number of nitrogens with one attached hydrogen (secondary N) is 2. The lowest BCUT2D eigenvalue weighted by molar-refractivity contribution is 0.0376. The van der Waals surface area contributed by atoms with Crippen molar-refractivity contribution in [1.82, 2.24) is 19.6 Å². The van der Waals surface area contributed by atoms with Crippen LogP contribution in [-0.2, 0) is 19.5 Å². The number of fused-ring (bicyclic) bond motifs is 1. The molecule has 2 fully saturated rings. The van der Waals surface area contributed by atoms with Crippen LogP contribution in [0.5, 0.6) is 0 Å². The van der Waals surface area contributed by atoms with Crippen LogP contribution in [0, 0.1) is 0 Å². The highest BCUT2D eigenvalue weighted by molar-refractivity contribution is 7.89. The number of ether oxygens (including phenoxy) is 2. The molecule has 2 saturated heterocycles. The molecule has 2 aromatic carbocycles. The molecule has 0 aliphatic carbocycles. The minimum atomic E-state index is -3.64. The molecular weight excluding hydrogens is 542 g/mol. The summed E-state index contributed by atoms with van der Waals surface area (Å²) in [6.45, 7) is 5.89. The summed E-state index contributed by atoms with van der Waals surface area (Å²) in [6.07, 6.45) is 4.45. The van der Waals surface area contributed by atoms with Crippen molar-refractivity contribution in [2.75, 3.05) is 57.9 Å². The topological polar surface area (TPSA) is 119 Å². The van der Waals surface area contributed by atoms with E-state index >= 15 is 0 Å². The Bertz CT molecular complexity index is 1550. The zero-order valence-corrected chi connectivity index (χ0v) is 23.7. The number of benzene rings is 2. The highest BCUT2D eigenvalue weighted by Crippen LogP contribution is 2.42. The summed E-state index contributed by atoms with van der Waals surface area (Å²) in [5.41, 5.74) is 3.02. The van der Waals surface area contributed by atoms with Gasteiger partial charge in [0, 0.05) is 43.9 Å². The lowest BCUT2D eigenvalue weighted by atomic mass is 9.99. The van der Waals surface area contributed by atoms with Gasteiger partial charge in [0.2, 0.25) is 15.7 Å². The molecule has 6 rings (SSSR count). The third-order valence-corrected chi connectivity index (χ3v) is 9.02. The van der Waals surface area contributed by atoms with Crippen molar-refractivity contribution < 1.29 is 22.3 Å². The van der Waals surface area contributed by atoms with Crippen LogP contribution < -0.4 is 10.0 Å². The third kappa shape index (κ3) is 6.44. The molecule has 10 nitrogen and oxygen atoms in total. The number of nitrogens with zero attached hydrogens (tertiary/aromatic N) is 3. The van der Waals surface area contributed by atoms with Gasteiger partial charge in [0.25, 0.3) is 0 Å². The van der Waals surface area contributed by atoms with Crippen LogP contribution in [-0.4, -0.2) is 81.9 Å². The molecule has 216 valence electrons. The standard InChI is InChI=1S/C30H35N5O5S/c36-41(37,34-13-5-14-35-15-18-38-19-16-35)25-11-9-23(10-12-25)28-26(22-6-2-1-3-7-22)27-29(32-21-33-30(27)40-28)31-20-24-8-4-17-39-24/h1-3,6-7,9-12,21,24,34H,4-5,8,13-20H2,(H,31,32,33)/t24-/m0/s1. The van der Waals surface area contributed by atoms with E-state index in [1.807, 2.05) is 30.3 Å². The average Bonchev–Trinajstić information content (AvgIpc) is 3.68. The molecule has 0 unspecified atom stereocenters. The van der Waals surface area contributed by atoms with E-state index < -0.39 is 10.0 Å². The van der Waals surface area contributed by atoms with Gasteiger partial charge in [-0.3, -0.25) is 4.90 Å². The third-order valence-electron chi connectivity index (χ3n) is 7.55. The molecular formula is C30H35N5O5S. The van der Waals surface area contributed by atoms with Crippen LogP contribution in [0.15, 0.2) is 70.2 Å². The second kappa shape index (κ2) is 12.7. The van der Waals surface area contributed by atoms with E-state index in [-0.39, 0.29) is 11.0 Å². The summed E-state index contributed by atoms with van der Waals surface area (Å²) in [6, 6.07) is 16.7. The minimum absolute atomic E-state index is 0.147. The molecule has 41 heavy (non-hydrogen) atoms. The first kappa shape index (κ1) is 27.8. The maximum absolute atomic E-state index is 13.0. The van der Waals surface area contributed by atoms with Gasteiger partial charge in [-0.2, -0.15) is 0 Å². The first-order valence-electron chi connectivity index (χ1n) is 14.2. The van der Waals surface area contributed by atoms with E-state index in [0.29, 0.717) is 30.4 Å². The molecule has 2 aliphatic heterocycles. The van der Waals surface area contributed by atoms with Crippen molar-refractivity contribution in [3.05, 3.63) is 60.9 Å². The van der Waals surface area contributed by atoms with Crippen LogP contribution >= 0.6 is 0 Å². The predicted molar refractivity (Wildman–Crippen MR) is 157 cm³/mol. The van der Waals surface area contributed by atoms with Crippen molar-refractivity contribution in [3.8, 4) is 22.5 Å². The van der Waals surface area contributed by atoms with Crippen LogP contribution in [0.1, 0.15) is 19.3 Å². The molecule has 0 spiro atoms. The quantitative estimate of drug-likeness (QED) is 0.254. The Kier molecular flexibility index (Phi) is 8.59. The van der Waals surface area contributed by atoms with Gasteiger partial charge in [-0.1, -0.05) is 30.3 Å². The second-order valence-electron chi connectivity index (χ2n) is 10.3. The first-order valence-corrected chi connectivity index (χ1v) is 15.7. The van der Waals surface area contributed by atoms with E-state index in [9.17, 15) is 8.42 Å². The largest absolute Gasteiger partial charge is 0.437 e. The van der Waals surface area contributed by atoms with Gasteiger partial charge >= 0.3 is 0 Å². The highest BCUT2D eigenvalue weighted by atomic mass is 32.2. The molecule has 1 atom stereocenters. The molecule has 2 N–H and O–H groups in total. The van der Waals surface area contributed by atoms with Crippen LogP contribution in [0.3, 0.4) is 0 Å².